The van der Waals surface area contributed by atoms with Crippen molar-refractivity contribution < 1.29 is 28.2 Å². The molecular weight excluding hydrogens is 746 g/mol. The molecule has 0 bridgehead atoms. The summed E-state index contributed by atoms with van der Waals surface area (Å²) >= 11 is 6.63. The second kappa shape index (κ2) is 13.8. The van der Waals surface area contributed by atoms with Crippen LogP contribution >= 0.6 is 11.6 Å². The molecule has 9 rings (SSSR count). The van der Waals surface area contributed by atoms with Crippen molar-refractivity contribution in [2.24, 2.45) is 18.9 Å². The van der Waals surface area contributed by atoms with Gasteiger partial charge in [-0.3, -0.25) is 19.6 Å². The number of rotatable bonds is 7. The van der Waals surface area contributed by atoms with E-state index in [0.29, 0.717) is 83.9 Å². The molecular formula is C39H43ClF2N10O4. The van der Waals surface area contributed by atoms with E-state index in [1.54, 1.807) is 22.8 Å². The van der Waals surface area contributed by atoms with E-state index in [2.05, 4.69) is 49.2 Å². The van der Waals surface area contributed by atoms with Gasteiger partial charge in [0, 0.05) is 67.7 Å². The van der Waals surface area contributed by atoms with Crippen molar-refractivity contribution in [3.8, 4) is 0 Å². The zero-order valence-corrected chi connectivity index (χ0v) is 31.9. The first-order valence-electron chi connectivity index (χ1n) is 19.0. The van der Waals surface area contributed by atoms with Gasteiger partial charge in [-0.05, 0) is 73.9 Å². The van der Waals surface area contributed by atoms with Crippen molar-refractivity contribution in [3.05, 3.63) is 64.6 Å². The number of halogens is 3. The number of aromatic nitrogens is 4. The molecule has 0 spiro atoms. The van der Waals surface area contributed by atoms with Gasteiger partial charge >= 0.3 is 5.92 Å². The average molecular weight is 789 g/mol. The van der Waals surface area contributed by atoms with Crippen LogP contribution in [0, 0.1) is 11.8 Å². The van der Waals surface area contributed by atoms with Gasteiger partial charge in [0.1, 0.15) is 5.02 Å². The Morgan fingerprint density at radius 1 is 1.07 bits per heavy atom. The van der Waals surface area contributed by atoms with Gasteiger partial charge in [-0.2, -0.15) is 10.1 Å². The number of hydrogen-bond donors (Lipinski definition) is 5. The highest BCUT2D eigenvalue weighted by molar-refractivity contribution is 6.33. The topological polar surface area (TPSA) is 162 Å². The van der Waals surface area contributed by atoms with Crippen LogP contribution in [0.1, 0.15) is 56.2 Å². The molecule has 1 aliphatic carbocycles. The number of aryl methyl sites for hydroxylation is 1. The second-order valence-corrected chi connectivity index (χ2v) is 16.1. The quantitative estimate of drug-likeness (QED) is 0.158. The number of nitrogens with zero attached hydrogens (tertiary/aromatic N) is 6. The molecule has 17 heteroatoms. The van der Waals surface area contributed by atoms with Gasteiger partial charge in [-0.25, -0.2) is 13.8 Å². The minimum Gasteiger partial charge on any atom is -0.485 e. The number of imide groups is 1. The molecule has 5 aliphatic rings. The number of likely N-dealkylation sites (N-methyl/N-ethyl adjacent to an activating group) is 1. The van der Waals surface area contributed by atoms with Crippen LogP contribution in [0.3, 0.4) is 0 Å². The van der Waals surface area contributed by atoms with E-state index in [1.165, 1.54) is 0 Å². The van der Waals surface area contributed by atoms with Crippen LogP contribution in [0.5, 0.6) is 0 Å². The largest absolute Gasteiger partial charge is 0.485 e. The van der Waals surface area contributed by atoms with Crippen LogP contribution in [0.4, 0.5) is 37.6 Å². The summed E-state index contributed by atoms with van der Waals surface area (Å²) in [5.74, 6) is -3.06. The Balaban J connectivity index is 0.896. The number of anilines is 5. The first kappa shape index (κ1) is 36.4. The number of piperidine rings is 2. The molecule has 2 saturated heterocycles. The lowest BCUT2D eigenvalue weighted by Gasteiger charge is -2.38. The summed E-state index contributed by atoms with van der Waals surface area (Å²) in [5, 5.41) is 29.5. The fourth-order valence-corrected chi connectivity index (χ4v) is 8.62. The van der Waals surface area contributed by atoms with E-state index >= 15 is 8.78 Å². The predicted octanol–water partition coefficient (Wildman–Crippen LogP) is 5.08. The number of aliphatic hydroxyl groups excluding tert-OH is 1. The van der Waals surface area contributed by atoms with Crippen molar-refractivity contribution >= 4 is 68.8 Å². The lowest BCUT2D eigenvalue weighted by Crippen LogP contribution is -2.47. The summed E-state index contributed by atoms with van der Waals surface area (Å²) in [5.41, 5.74) is 4.80. The number of hydrogen-bond acceptors (Lipinski definition) is 12. The van der Waals surface area contributed by atoms with Gasteiger partial charge in [0.15, 0.2) is 24.4 Å². The Bertz CT molecular complexity index is 2280. The molecule has 2 aromatic carbocycles. The molecule has 5 atom stereocenters. The zero-order chi connectivity index (χ0) is 39.0. The smallest absolute Gasteiger partial charge is 0.301 e. The highest BCUT2D eigenvalue weighted by Crippen LogP contribution is 2.46. The van der Waals surface area contributed by atoms with Crippen LogP contribution < -0.4 is 31.1 Å². The van der Waals surface area contributed by atoms with Crippen molar-refractivity contribution in [1.29, 1.82) is 0 Å². The van der Waals surface area contributed by atoms with Gasteiger partial charge in [-0.15, -0.1) is 0 Å². The van der Waals surface area contributed by atoms with Gasteiger partial charge in [-0.1, -0.05) is 18.5 Å². The van der Waals surface area contributed by atoms with Gasteiger partial charge in [0.2, 0.25) is 17.8 Å². The van der Waals surface area contributed by atoms with Gasteiger partial charge in [0.05, 0.1) is 35.1 Å². The van der Waals surface area contributed by atoms with E-state index in [4.69, 9.17) is 21.3 Å². The highest BCUT2D eigenvalue weighted by atomic mass is 35.5. The monoisotopic (exact) mass is 788 g/mol. The van der Waals surface area contributed by atoms with E-state index in [-0.39, 0.29) is 35.5 Å². The number of alkyl halides is 2. The van der Waals surface area contributed by atoms with Gasteiger partial charge in [0.25, 0.3) is 0 Å². The third-order valence-corrected chi connectivity index (χ3v) is 12.0. The van der Waals surface area contributed by atoms with Gasteiger partial charge < -0.3 is 35.6 Å². The van der Waals surface area contributed by atoms with E-state index in [9.17, 15) is 14.7 Å². The number of ether oxygens (including phenoxy) is 1. The summed E-state index contributed by atoms with van der Waals surface area (Å²) in [4.78, 5) is 37.4. The number of carbonyl (C=O) groups excluding carboxylic acids is 2. The number of aliphatic hydroxyl groups is 1. The maximum absolute atomic E-state index is 15.2. The molecule has 6 heterocycles. The normalized spacial score (nSPS) is 26.2. The molecule has 1 saturated carbocycles. The molecule has 4 aromatic rings. The van der Waals surface area contributed by atoms with Crippen molar-refractivity contribution in [3.63, 3.8) is 0 Å². The SMILES string of the molecule is CC1CN(c2ncc(Cl)c(Nc3ccc4c(c3)C3=C(OCC(F)(F)C(C5CC5)N3)C(O)N4C)n2)CCC1Nc1ccc2c(C3CCC(=O)NC3=O)nn(C)c2c1. The maximum Gasteiger partial charge on any atom is 0.301 e. The molecule has 0 radical (unpaired) electrons. The molecule has 294 valence electrons. The summed E-state index contributed by atoms with van der Waals surface area (Å²) < 4.78 is 37.7. The van der Waals surface area contributed by atoms with Crippen LogP contribution in [-0.4, -0.2) is 87.6 Å². The number of nitrogens with one attached hydrogen (secondary N) is 4. The van der Waals surface area contributed by atoms with Crippen LogP contribution in [0.25, 0.3) is 16.6 Å². The lowest BCUT2D eigenvalue weighted by atomic mass is 9.92. The minimum absolute atomic E-state index is 0.0748. The third-order valence-electron chi connectivity index (χ3n) is 11.7. The summed E-state index contributed by atoms with van der Waals surface area (Å²) in [7, 11) is 3.55. The number of benzene rings is 2. The van der Waals surface area contributed by atoms with E-state index in [0.717, 1.165) is 23.0 Å². The molecule has 3 fully saturated rings. The molecule has 5 N–H and O–H groups in total. The molecule has 56 heavy (non-hydrogen) atoms. The first-order chi connectivity index (χ1) is 26.8. The van der Waals surface area contributed by atoms with E-state index in [1.807, 2.05) is 37.4 Å². The van der Waals surface area contributed by atoms with E-state index < -0.39 is 30.7 Å². The number of amides is 2. The Morgan fingerprint density at radius 2 is 1.88 bits per heavy atom. The maximum atomic E-state index is 15.2. The minimum atomic E-state index is -3.10. The Kier molecular flexibility index (Phi) is 8.95. The van der Waals surface area contributed by atoms with Crippen LogP contribution in [0.15, 0.2) is 48.4 Å². The van der Waals surface area contributed by atoms with Crippen molar-refractivity contribution in [2.75, 3.05) is 47.2 Å². The molecule has 2 aromatic heterocycles. The summed E-state index contributed by atoms with van der Waals surface area (Å²) in [6.07, 6.45) is 3.34. The number of carbonyl (C=O) groups is 2. The average Bonchev–Trinajstić information content (AvgIpc) is 3.97. The second-order valence-electron chi connectivity index (χ2n) is 15.7. The highest BCUT2D eigenvalue weighted by Gasteiger charge is 2.52. The third kappa shape index (κ3) is 6.51. The summed E-state index contributed by atoms with van der Waals surface area (Å²) in [6.45, 7) is 2.76. The standard InChI is InChI=1S/C39H43ClF2N10O4/c1-19-17-52(13-12-27(19)44-22-6-8-23-29(15-22)51(3)49-31(23)24-9-11-30(53)46-36(24)54)38-43-16-26(40)35(48-38)45-21-7-10-28-25(14-21)32-33(37(55)50(28)2)56-18-39(41,42)34(47-32)20-4-5-20/h6-8,10,14-16,19-20,24,27,34,37,44,47,55H,4-5,9,11-13,17-18H2,1-3H3,(H,43,45,48)(H,46,53,54). The summed E-state index contributed by atoms with van der Waals surface area (Å²) in [6, 6.07) is 10.6. The van der Waals surface area contributed by atoms with Crippen molar-refractivity contribution in [2.45, 2.75) is 69.2 Å². The predicted molar refractivity (Wildman–Crippen MR) is 208 cm³/mol. The van der Waals surface area contributed by atoms with Crippen LogP contribution in [0.2, 0.25) is 5.02 Å². The molecule has 4 aliphatic heterocycles. The lowest BCUT2D eigenvalue weighted by molar-refractivity contribution is -0.134. The molecule has 2 amide bonds. The fourth-order valence-electron chi connectivity index (χ4n) is 8.48. The van der Waals surface area contributed by atoms with Crippen LogP contribution in [-0.2, 0) is 21.4 Å². The molecule has 14 nitrogen and oxygen atoms in total. The first-order valence-corrected chi connectivity index (χ1v) is 19.4. The van der Waals surface area contributed by atoms with Crippen molar-refractivity contribution in [1.82, 2.24) is 30.4 Å². The fraction of sp³-hybridized carbons (Fsp3) is 0.462. The Hall–Kier alpha value is -5.22. The Labute approximate surface area is 326 Å². The Morgan fingerprint density at radius 3 is 2.64 bits per heavy atom. The molecule has 5 unspecified atom stereocenters. The number of fused-ring (bicyclic) bond motifs is 3. The zero-order valence-electron chi connectivity index (χ0n) is 31.2.